The van der Waals surface area contributed by atoms with Crippen LogP contribution in [0.25, 0.3) is 6.08 Å². The molecular formula is C13H18O2. The summed E-state index contributed by atoms with van der Waals surface area (Å²) in [6, 6.07) is 5.87. The molecule has 0 aliphatic heterocycles. The van der Waals surface area contributed by atoms with Gasteiger partial charge in [0.15, 0.2) is 0 Å². The van der Waals surface area contributed by atoms with Crippen LogP contribution in [0.4, 0.5) is 0 Å². The Kier molecular flexibility index (Phi) is 4.75. The van der Waals surface area contributed by atoms with E-state index in [-0.39, 0.29) is 0 Å². The van der Waals surface area contributed by atoms with E-state index in [4.69, 9.17) is 9.47 Å². The van der Waals surface area contributed by atoms with Crippen molar-refractivity contribution < 1.29 is 9.47 Å². The van der Waals surface area contributed by atoms with Gasteiger partial charge in [0.2, 0.25) is 0 Å². The quantitative estimate of drug-likeness (QED) is 0.734. The molecule has 0 aliphatic rings. The fourth-order valence-electron chi connectivity index (χ4n) is 1.42. The predicted octanol–water partition coefficient (Wildman–Crippen LogP) is 3.52. The summed E-state index contributed by atoms with van der Waals surface area (Å²) in [6.07, 6.45) is 4.00. The molecule has 2 heteroatoms. The first-order valence-electron chi connectivity index (χ1n) is 5.34. The van der Waals surface area contributed by atoms with E-state index in [0.717, 1.165) is 17.1 Å². The van der Waals surface area contributed by atoms with Gasteiger partial charge in [-0.25, -0.2) is 0 Å². The van der Waals surface area contributed by atoms with Crippen LogP contribution in [0.5, 0.6) is 11.5 Å². The van der Waals surface area contributed by atoms with Crippen molar-refractivity contribution in [3.8, 4) is 11.5 Å². The van der Waals surface area contributed by atoms with Crippen LogP contribution in [0.3, 0.4) is 0 Å². The van der Waals surface area contributed by atoms with Crippen LogP contribution in [0.2, 0.25) is 0 Å². The van der Waals surface area contributed by atoms with Crippen molar-refractivity contribution in [2.75, 3.05) is 13.2 Å². The van der Waals surface area contributed by atoms with E-state index in [0.29, 0.717) is 13.2 Å². The van der Waals surface area contributed by atoms with Crippen molar-refractivity contribution in [1.82, 2.24) is 0 Å². The zero-order valence-electron chi connectivity index (χ0n) is 9.62. The maximum Gasteiger partial charge on any atom is 0.130 e. The van der Waals surface area contributed by atoms with Crippen LogP contribution in [0, 0.1) is 0 Å². The van der Waals surface area contributed by atoms with Gasteiger partial charge in [-0.15, -0.1) is 0 Å². The lowest BCUT2D eigenvalue weighted by Crippen LogP contribution is -1.98. The van der Waals surface area contributed by atoms with Gasteiger partial charge in [0.1, 0.15) is 11.5 Å². The van der Waals surface area contributed by atoms with E-state index in [1.165, 1.54) is 0 Å². The fraction of sp³-hybridized carbons (Fsp3) is 0.385. The van der Waals surface area contributed by atoms with E-state index < -0.39 is 0 Å². The molecule has 0 bridgehead atoms. The number of allylic oxidation sites excluding steroid dienone is 1. The number of rotatable bonds is 5. The molecular weight excluding hydrogens is 188 g/mol. The average Bonchev–Trinajstić information content (AvgIpc) is 2.23. The Hall–Kier alpha value is -1.44. The minimum absolute atomic E-state index is 0.667. The molecule has 0 unspecified atom stereocenters. The Morgan fingerprint density at radius 3 is 2.00 bits per heavy atom. The molecule has 0 saturated heterocycles. The lowest BCUT2D eigenvalue weighted by molar-refractivity contribution is 0.322. The van der Waals surface area contributed by atoms with Gasteiger partial charge in [-0.3, -0.25) is 0 Å². The standard InChI is InChI=1S/C13H18O2/c1-4-8-11-12(14-5-2)9-7-10-13(11)15-6-3/h4,7-10H,5-6H2,1-3H3/b8-4+. The van der Waals surface area contributed by atoms with Gasteiger partial charge in [0.05, 0.1) is 18.8 Å². The van der Waals surface area contributed by atoms with Crippen molar-refractivity contribution in [2.24, 2.45) is 0 Å². The second kappa shape index (κ2) is 6.12. The maximum absolute atomic E-state index is 5.55. The predicted molar refractivity (Wildman–Crippen MR) is 63.5 cm³/mol. The second-order valence-electron chi connectivity index (χ2n) is 3.03. The van der Waals surface area contributed by atoms with Gasteiger partial charge in [0.25, 0.3) is 0 Å². The zero-order valence-corrected chi connectivity index (χ0v) is 9.62. The van der Waals surface area contributed by atoms with E-state index in [2.05, 4.69) is 0 Å². The molecule has 0 aromatic heterocycles. The summed E-state index contributed by atoms with van der Waals surface area (Å²) in [6.45, 7) is 7.28. The minimum Gasteiger partial charge on any atom is -0.493 e. The SMILES string of the molecule is C/C=C/c1c(OCC)cccc1OCC. The topological polar surface area (TPSA) is 18.5 Å². The van der Waals surface area contributed by atoms with Crippen LogP contribution >= 0.6 is 0 Å². The average molecular weight is 206 g/mol. The summed E-state index contributed by atoms with van der Waals surface area (Å²) in [4.78, 5) is 0. The summed E-state index contributed by atoms with van der Waals surface area (Å²) in [5.41, 5.74) is 1.02. The van der Waals surface area contributed by atoms with E-state index in [9.17, 15) is 0 Å². The van der Waals surface area contributed by atoms with Crippen molar-refractivity contribution in [3.05, 3.63) is 29.8 Å². The highest BCUT2D eigenvalue weighted by Crippen LogP contribution is 2.29. The molecule has 0 aliphatic carbocycles. The minimum atomic E-state index is 0.667. The highest BCUT2D eigenvalue weighted by molar-refractivity contribution is 5.64. The number of benzene rings is 1. The molecule has 0 heterocycles. The molecule has 0 amide bonds. The summed E-state index contributed by atoms with van der Waals surface area (Å²) in [7, 11) is 0. The summed E-state index contributed by atoms with van der Waals surface area (Å²) in [5.74, 6) is 1.75. The van der Waals surface area contributed by atoms with E-state index >= 15 is 0 Å². The van der Waals surface area contributed by atoms with Crippen LogP contribution in [-0.4, -0.2) is 13.2 Å². The number of ether oxygens (including phenoxy) is 2. The first-order chi connectivity index (χ1) is 7.33. The molecule has 0 atom stereocenters. The molecule has 1 aromatic carbocycles. The molecule has 0 spiro atoms. The van der Waals surface area contributed by atoms with Gasteiger partial charge in [-0.1, -0.05) is 18.2 Å². The lowest BCUT2D eigenvalue weighted by atomic mass is 10.1. The molecule has 0 saturated carbocycles. The summed E-state index contributed by atoms with van der Waals surface area (Å²) in [5, 5.41) is 0. The Bertz CT molecular complexity index is 305. The maximum atomic E-state index is 5.55. The van der Waals surface area contributed by atoms with E-state index in [1.807, 2.05) is 51.1 Å². The number of hydrogen-bond acceptors (Lipinski definition) is 2. The monoisotopic (exact) mass is 206 g/mol. The molecule has 82 valence electrons. The highest BCUT2D eigenvalue weighted by Gasteiger charge is 2.06. The molecule has 1 rings (SSSR count). The third-order valence-electron chi connectivity index (χ3n) is 1.96. The Labute approximate surface area is 91.5 Å². The fourth-order valence-corrected chi connectivity index (χ4v) is 1.42. The van der Waals surface area contributed by atoms with Crippen LogP contribution in [0.1, 0.15) is 26.3 Å². The molecule has 2 nitrogen and oxygen atoms in total. The van der Waals surface area contributed by atoms with Crippen molar-refractivity contribution in [2.45, 2.75) is 20.8 Å². The summed E-state index contributed by atoms with van der Waals surface area (Å²) < 4.78 is 11.1. The first-order valence-corrected chi connectivity index (χ1v) is 5.34. The lowest BCUT2D eigenvalue weighted by Gasteiger charge is -2.12. The second-order valence-corrected chi connectivity index (χ2v) is 3.03. The van der Waals surface area contributed by atoms with Gasteiger partial charge >= 0.3 is 0 Å². The molecule has 1 aromatic rings. The third-order valence-corrected chi connectivity index (χ3v) is 1.96. The zero-order chi connectivity index (χ0) is 11.1. The molecule has 0 fully saturated rings. The Balaban J connectivity index is 3.09. The Morgan fingerprint density at radius 1 is 1.07 bits per heavy atom. The smallest absolute Gasteiger partial charge is 0.130 e. The first kappa shape index (κ1) is 11.6. The van der Waals surface area contributed by atoms with Crippen LogP contribution in [0.15, 0.2) is 24.3 Å². The van der Waals surface area contributed by atoms with Gasteiger partial charge in [-0.2, -0.15) is 0 Å². The van der Waals surface area contributed by atoms with Gasteiger partial charge < -0.3 is 9.47 Å². The van der Waals surface area contributed by atoms with Crippen LogP contribution in [-0.2, 0) is 0 Å². The van der Waals surface area contributed by atoms with Crippen molar-refractivity contribution in [3.63, 3.8) is 0 Å². The molecule has 0 radical (unpaired) electrons. The van der Waals surface area contributed by atoms with Gasteiger partial charge in [-0.05, 0) is 32.9 Å². The third kappa shape index (κ3) is 3.01. The summed E-state index contributed by atoms with van der Waals surface area (Å²) >= 11 is 0. The van der Waals surface area contributed by atoms with E-state index in [1.54, 1.807) is 0 Å². The van der Waals surface area contributed by atoms with Crippen LogP contribution < -0.4 is 9.47 Å². The highest BCUT2D eigenvalue weighted by atomic mass is 16.5. The van der Waals surface area contributed by atoms with Crippen molar-refractivity contribution in [1.29, 1.82) is 0 Å². The largest absolute Gasteiger partial charge is 0.493 e. The Morgan fingerprint density at radius 2 is 1.60 bits per heavy atom. The molecule has 15 heavy (non-hydrogen) atoms. The molecule has 0 N–H and O–H groups in total. The number of hydrogen-bond donors (Lipinski definition) is 0. The normalized spacial score (nSPS) is 10.6. The van der Waals surface area contributed by atoms with Crippen molar-refractivity contribution >= 4 is 6.08 Å². The van der Waals surface area contributed by atoms with Gasteiger partial charge in [0, 0.05) is 0 Å².